The number of ketones is 1. The zero-order valence-electron chi connectivity index (χ0n) is 8.35. The Balaban J connectivity index is 2.34. The van der Waals surface area contributed by atoms with E-state index in [0.29, 0.717) is 0 Å². The number of Topliss-reactive ketones (excluding diaryl/α,β-unsaturated/α-hetero) is 1. The highest BCUT2D eigenvalue weighted by atomic mass is 19.3. The number of carbonyl (C=O) groups excluding carboxylic acids is 1. The Morgan fingerprint density at radius 1 is 1.24 bits per heavy atom. The third-order valence-electron chi connectivity index (χ3n) is 2.09. The van der Waals surface area contributed by atoms with Crippen LogP contribution in [0.1, 0.15) is 10.4 Å². The molecule has 0 spiro atoms. The first-order valence-electron chi connectivity index (χ1n) is 4.55. The lowest BCUT2D eigenvalue weighted by molar-refractivity contribution is -0.0562. The van der Waals surface area contributed by atoms with Gasteiger partial charge in [0.2, 0.25) is 0 Å². The molecule has 1 aromatic carbocycles. The van der Waals surface area contributed by atoms with Crippen LogP contribution in [0.3, 0.4) is 0 Å². The Kier molecular flexibility index (Phi) is 2.66. The minimum Gasteiger partial charge on any atom is -0.285 e. The Morgan fingerprint density at radius 2 is 1.88 bits per heavy atom. The zero-order valence-corrected chi connectivity index (χ0v) is 8.35. The fraction of sp³-hybridized carbons (Fsp3) is 0.100. The highest BCUT2D eigenvalue weighted by Crippen LogP contribution is 2.24. The van der Waals surface area contributed by atoms with Crippen LogP contribution in [0.4, 0.5) is 13.2 Å². The number of nitrogens with zero attached hydrogens (tertiary/aromatic N) is 3. The van der Waals surface area contributed by atoms with E-state index in [2.05, 4.69) is 10.1 Å². The monoisotopic (exact) mass is 241 g/mol. The number of halogens is 3. The number of carbonyl (C=O) groups is 1. The van der Waals surface area contributed by atoms with Crippen molar-refractivity contribution >= 4 is 5.78 Å². The second-order valence-corrected chi connectivity index (χ2v) is 3.22. The van der Waals surface area contributed by atoms with Crippen LogP contribution in [0.2, 0.25) is 0 Å². The van der Waals surface area contributed by atoms with Gasteiger partial charge in [0.05, 0.1) is 0 Å². The van der Waals surface area contributed by atoms with Gasteiger partial charge in [-0.1, -0.05) is 0 Å². The van der Waals surface area contributed by atoms with Crippen molar-refractivity contribution in [3.05, 3.63) is 48.3 Å². The van der Waals surface area contributed by atoms with E-state index >= 15 is 0 Å². The second-order valence-electron chi connectivity index (χ2n) is 3.22. The first-order chi connectivity index (χ1) is 8.01. The standard InChI is InChI=1S/C10H6F3N3O/c11-8-3-1-7(2-4-8)9(17)10(12,13)16-6-14-5-15-16/h1-6H. The average Bonchev–Trinajstić information content (AvgIpc) is 2.83. The summed E-state index contributed by atoms with van der Waals surface area (Å²) in [4.78, 5) is 14.9. The molecule has 0 amide bonds. The van der Waals surface area contributed by atoms with E-state index in [1.165, 1.54) is 0 Å². The molecule has 4 nitrogen and oxygen atoms in total. The molecule has 0 aliphatic carbocycles. The maximum absolute atomic E-state index is 13.6. The molecule has 88 valence electrons. The van der Waals surface area contributed by atoms with Gasteiger partial charge in [-0.3, -0.25) is 4.79 Å². The van der Waals surface area contributed by atoms with Gasteiger partial charge in [0.1, 0.15) is 18.5 Å². The Labute approximate surface area is 93.7 Å². The molecular formula is C10H6F3N3O. The van der Waals surface area contributed by atoms with Crippen LogP contribution in [0.15, 0.2) is 36.9 Å². The van der Waals surface area contributed by atoms with Crippen LogP contribution in [-0.4, -0.2) is 20.5 Å². The lowest BCUT2D eigenvalue weighted by Gasteiger charge is -2.14. The summed E-state index contributed by atoms with van der Waals surface area (Å²) in [5.41, 5.74) is -0.299. The van der Waals surface area contributed by atoms with Crippen molar-refractivity contribution in [1.82, 2.24) is 14.8 Å². The van der Waals surface area contributed by atoms with Crippen molar-refractivity contribution in [1.29, 1.82) is 0 Å². The molecule has 0 N–H and O–H groups in total. The molecule has 7 heteroatoms. The van der Waals surface area contributed by atoms with Crippen LogP contribution in [0.5, 0.6) is 0 Å². The summed E-state index contributed by atoms with van der Waals surface area (Å²) in [6, 6.07) is 0.00858. The lowest BCUT2D eigenvalue weighted by Crippen LogP contribution is -2.33. The summed E-state index contributed by atoms with van der Waals surface area (Å²) >= 11 is 0. The van der Waals surface area contributed by atoms with Crippen molar-refractivity contribution in [2.75, 3.05) is 0 Å². The Bertz CT molecular complexity index is 522. The summed E-state index contributed by atoms with van der Waals surface area (Å²) in [7, 11) is 0. The first kappa shape index (κ1) is 11.3. The van der Waals surface area contributed by atoms with E-state index in [9.17, 15) is 18.0 Å². The minimum atomic E-state index is -3.84. The smallest absolute Gasteiger partial charge is 0.285 e. The summed E-state index contributed by atoms with van der Waals surface area (Å²) in [6.07, 6.45) is 1.63. The topological polar surface area (TPSA) is 47.8 Å². The molecule has 17 heavy (non-hydrogen) atoms. The van der Waals surface area contributed by atoms with E-state index in [1.54, 1.807) is 0 Å². The van der Waals surface area contributed by atoms with Crippen LogP contribution >= 0.6 is 0 Å². The predicted molar refractivity (Wildman–Crippen MR) is 50.9 cm³/mol. The number of hydrogen-bond acceptors (Lipinski definition) is 3. The van der Waals surface area contributed by atoms with Gasteiger partial charge in [-0.15, -0.1) is 0 Å². The minimum absolute atomic E-state index is 0.151. The van der Waals surface area contributed by atoms with Crippen LogP contribution in [0, 0.1) is 5.82 Å². The first-order valence-corrected chi connectivity index (χ1v) is 4.55. The molecule has 0 atom stereocenters. The highest BCUT2D eigenvalue weighted by Gasteiger charge is 2.42. The maximum Gasteiger partial charge on any atom is 0.408 e. The molecule has 0 saturated carbocycles. The Morgan fingerprint density at radius 3 is 2.41 bits per heavy atom. The van der Waals surface area contributed by atoms with Crippen molar-refractivity contribution in [3.63, 3.8) is 0 Å². The third kappa shape index (κ3) is 2.03. The predicted octanol–water partition coefficient (Wildman–Crippen LogP) is 1.85. The molecule has 2 aromatic rings. The molecule has 1 heterocycles. The van der Waals surface area contributed by atoms with Gasteiger partial charge >= 0.3 is 6.05 Å². The molecule has 0 fully saturated rings. The molecule has 0 aliphatic heterocycles. The average molecular weight is 241 g/mol. The molecule has 0 bridgehead atoms. The van der Waals surface area contributed by atoms with Crippen LogP contribution in [-0.2, 0) is 6.05 Å². The van der Waals surface area contributed by atoms with Crippen molar-refractivity contribution in [2.45, 2.75) is 6.05 Å². The van der Waals surface area contributed by atoms with Crippen LogP contribution in [0.25, 0.3) is 0 Å². The molecule has 1 aromatic heterocycles. The normalized spacial score (nSPS) is 11.5. The SMILES string of the molecule is O=C(c1ccc(F)cc1)C(F)(F)n1cncn1. The van der Waals surface area contributed by atoms with E-state index < -0.39 is 17.6 Å². The van der Waals surface area contributed by atoms with Gasteiger partial charge in [-0.2, -0.15) is 18.6 Å². The van der Waals surface area contributed by atoms with Gasteiger partial charge in [-0.25, -0.2) is 9.37 Å². The fourth-order valence-electron chi connectivity index (χ4n) is 1.23. The van der Waals surface area contributed by atoms with Gasteiger partial charge in [0.15, 0.2) is 0 Å². The second kappa shape index (κ2) is 4.00. The maximum atomic E-state index is 13.6. The van der Waals surface area contributed by atoms with Crippen molar-refractivity contribution < 1.29 is 18.0 Å². The molecule has 0 aliphatic rings. The number of alkyl halides is 2. The number of hydrogen-bond donors (Lipinski definition) is 0. The van der Waals surface area contributed by atoms with E-state index in [4.69, 9.17) is 0 Å². The largest absolute Gasteiger partial charge is 0.408 e. The molecular weight excluding hydrogens is 235 g/mol. The number of rotatable bonds is 3. The molecule has 0 saturated heterocycles. The van der Waals surface area contributed by atoms with Gasteiger partial charge in [-0.05, 0) is 24.3 Å². The highest BCUT2D eigenvalue weighted by molar-refractivity contribution is 5.99. The Hall–Kier alpha value is -2.18. The van der Waals surface area contributed by atoms with E-state index in [0.717, 1.165) is 36.9 Å². The van der Waals surface area contributed by atoms with Crippen molar-refractivity contribution in [2.24, 2.45) is 0 Å². The van der Waals surface area contributed by atoms with E-state index in [1.807, 2.05) is 0 Å². The summed E-state index contributed by atoms with van der Waals surface area (Å²) in [5.74, 6) is -2.08. The zero-order chi connectivity index (χ0) is 12.5. The third-order valence-corrected chi connectivity index (χ3v) is 2.09. The van der Waals surface area contributed by atoms with Gasteiger partial charge in [0, 0.05) is 5.56 Å². The van der Waals surface area contributed by atoms with Crippen LogP contribution < -0.4 is 0 Å². The summed E-state index contributed by atoms with van der Waals surface area (Å²) < 4.78 is 39.9. The van der Waals surface area contributed by atoms with E-state index in [-0.39, 0.29) is 10.2 Å². The van der Waals surface area contributed by atoms with Gasteiger partial charge < -0.3 is 0 Å². The lowest BCUT2D eigenvalue weighted by atomic mass is 10.1. The quantitative estimate of drug-likeness (QED) is 0.770. The number of aromatic nitrogens is 3. The molecule has 2 rings (SSSR count). The summed E-state index contributed by atoms with van der Waals surface area (Å²) in [6.45, 7) is 0. The molecule has 0 unspecified atom stereocenters. The van der Waals surface area contributed by atoms with Crippen molar-refractivity contribution in [3.8, 4) is 0 Å². The fourth-order valence-corrected chi connectivity index (χ4v) is 1.23. The number of benzene rings is 1. The summed E-state index contributed by atoms with van der Waals surface area (Å²) in [5, 5.41) is 3.21. The van der Waals surface area contributed by atoms with Gasteiger partial charge in [0.25, 0.3) is 5.78 Å². The molecule has 0 radical (unpaired) electrons.